The minimum absolute atomic E-state index is 0.130. The molecule has 5 nitrogen and oxygen atoms in total. The number of esters is 1. The minimum atomic E-state index is -1.90. The van der Waals surface area contributed by atoms with Gasteiger partial charge in [-0.1, -0.05) is 6.92 Å². The Morgan fingerprint density at radius 3 is 2.20 bits per heavy atom. The van der Waals surface area contributed by atoms with Gasteiger partial charge in [0.25, 0.3) is 0 Å². The summed E-state index contributed by atoms with van der Waals surface area (Å²) in [4.78, 5) is 22.7. The number of aliphatic hydroxyl groups is 2. The zero-order valence-corrected chi connectivity index (χ0v) is 9.48. The molecule has 0 fully saturated rings. The molecule has 0 aromatic rings. The Morgan fingerprint density at radius 1 is 1.40 bits per heavy atom. The molecule has 0 bridgehead atoms. The summed E-state index contributed by atoms with van der Waals surface area (Å²) in [7, 11) is 0. The highest BCUT2D eigenvalue weighted by Crippen LogP contribution is 2.20. The van der Waals surface area contributed by atoms with E-state index < -0.39 is 29.4 Å². The standard InChI is InChI=1S/C10H18O5/c1-5-15-9(13)10(4,14)6(2)8(12)7(3)11/h6-7,11,14H,5H2,1-4H3/t6-,7+,10+/m0/s1. The van der Waals surface area contributed by atoms with Crippen LogP contribution in [0.2, 0.25) is 0 Å². The first-order valence-electron chi connectivity index (χ1n) is 4.86. The first-order valence-corrected chi connectivity index (χ1v) is 4.86. The second-order valence-electron chi connectivity index (χ2n) is 3.67. The molecule has 0 radical (unpaired) electrons. The molecule has 15 heavy (non-hydrogen) atoms. The van der Waals surface area contributed by atoms with E-state index in [0.29, 0.717) is 0 Å². The van der Waals surface area contributed by atoms with Crippen molar-refractivity contribution in [1.82, 2.24) is 0 Å². The lowest BCUT2D eigenvalue weighted by molar-refractivity contribution is -0.172. The minimum Gasteiger partial charge on any atom is -0.464 e. The lowest BCUT2D eigenvalue weighted by Gasteiger charge is -2.27. The van der Waals surface area contributed by atoms with Crippen molar-refractivity contribution < 1.29 is 24.5 Å². The summed E-state index contributed by atoms with van der Waals surface area (Å²) in [5.41, 5.74) is -1.90. The highest BCUT2D eigenvalue weighted by Gasteiger charge is 2.42. The van der Waals surface area contributed by atoms with Crippen molar-refractivity contribution in [3.8, 4) is 0 Å². The average Bonchev–Trinajstić information content (AvgIpc) is 2.15. The third-order valence-electron chi connectivity index (χ3n) is 2.37. The van der Waals surface area contributed by atoms with Gasteiger partial charge in [-0.05, 0) is 20.8 Å². The van der Waals surface area contributed by atoms with Crippen molar-refractivity contribution in [3.05, 3.63) is 0 Å². The summed E-state index contributed by atoms with van der Waals surface area (Å²) >= 11 is 0. The number of ether oxygens (including phenoxy) is 1. The Kier molecular flexibility index (Phi) is 4.90. The van der Waals surface area contributed by atoms with E-state index in [1.165, 1.54) is 20.8 Å². The van der Waals surface area contributed by atoms with Crippen LogP contribution in [0.3, 0.4) is 0 Å². The third-order valence-corrected chi connectivity index (χ3v) is 2.37. The van der Waals surface area contributed by atoms with E-state index in [2.05, 4.69) is 4.74 Å². The van der Waals surface area contributed by atoms with Crippen molar-refractivity contribution >= 4 is 11.8 Å². The number of carbonyl (C=O) groups excluding carboxylic acids is 2. The van der Waals surface area contributed by atoms with Crippen LogP contribution < -0.4 is 0 Å². The molecule has 0 rings (SSSR count). The lowest BCUT2D eigenvalue weighted by atomic mass is 9.85. The molecule has 88 valence electrons. The third kappa shape index (κ3) is 3.28. The first-order chi connectivity index (χ1) is 6.75. The number of aliphatic hydroxyl groups excluding tert-OH is 1. The van der Waals surface area contributed by atoms with Gasteiger partial charge in [0, 0.05) is 0 Å². The highest BCUT2D eigenvalue weighted by molar-refractivity contribution is 5.92. The molecule has 0 spiro atoms. The van der Waals surface area contributed by atoms with Gasteiger partial charge in [0.2, 0.25) is 0 Å². The maximum absolute atomic E-state index is 11.4. The molecule has 0 saturated carbocycles. The largest absolute Gasteiger partial charge is 0.464 e. The molecule has 0 aliphatic heterocycles. The van der Waals surface area contributed by atoms with Crippen LogP contribution in [-0.4, -0.2) is 40.3 Å². The summed E-state index contributed by atoms with van der Waals surface area (Å²) in [5, 5.41) is 18.8. The van der Waals surface area contributed by atoms with Crippen molar-refractivity contribution in [1.29, 1.82) is 0 Å². The fraction of sp³-hybridized carbons (Fsp3) is 0.800. The van der Waals surface area contributed by atoms with Crippen LogP contribution >= 0.6 is 0 Å². The van der Waals surface area contributed by atoms with Crippen molar-refractivity contribution in [3.63, 3.8) is 0 Å². The fourth-order valence-corrected chi connectivity index (χ4v) is 1.09. The number of carbonyl (C=O) groups is 2. The van der Waals surface area contributed by atoms with E-state index in [4.69, 9.17) is 5.11 Å². The van der Waals surface area contributed by atoms with Gasteiger partial charge >= 0.3 is 5.97 Å². The van der Waals surface area contributed by atoms with Gasteiger partial charge < -0.3 is 14.9 Å². The monoisotopic (exact) mass is 218 g/mol. The molecule has 2 N–H and O–H groups in total. The van der Waals surface area contributed by atoms with Gasteiger partial charge in [0.1, 0.15) is 6.10 Å². The summed E-state index contributed by atoms with van der Waals surface area (Å²) in [6.45, 7) is 5.61. The van der Waals surface area contributed by atoms with E-state index in [9.17, 15) is 14.7 Å². The van der Waals surface area contributed by atoms with E-state index in [-0.39, 0.29) is 6.61 Å². The number of rotatable bonds is 5. The normalized spacial score (nSPS) is 18.8. The summed E-state index contributed by atoms with van der Waals surface area (Å²) in [5.74, 6) is -2.45. The molecule has 0 aliphatic carbocycles. The molecule has 0 amide bonds. The number of ketones is 1. The lowest BCUT2D eigenvalue weighted by Crippen LogP contribution is -2.48. The smallest absolute Gasteiger partial charge is 0.338 e. The second kappa shape index (κ2) is 5.23. The topological polar surface area (TPSA) is 83.8 Å². The molecule has 0 saturated heterocycles. The van der Waals surface area contributed by atoms with E-state index in [1.54, 1.807) is 6.92 Å². The SMILES string of the molecule is CCOC(=O)[C@](C)(O)[C@@H](C)C(=O)[C@@H](C)O. The Morgan fingerprint density at radius 2 is 1.87 bits per heavy atom. The Hall–Kier alpha value is -0.940. The van der Waals surface area contributed by atoms with Gasteiger partial charge in [-0.3, -0.25) is 4.79 Å². The van der Waals surface area contributed by atoms with E-state index in [0.717, 1.165) is 0 Å². The zero-order chi connectivity index (χ0) is 12.2. The predicted molar refractivity (Wildman–Crippen MR) is 53.1 cm³/mol. The van der Waals surface area contributed by atoms with Crippen molar-refractivity contribution in [2.75, 3.05) is 6.61 Å². The fourth-order valence-electron chi connectivity index (χ4n) is 1.09. The molecule has 0 aliphatic rings. The second-order valence-corrected chi connectivity index (χ2v) is 3.67. The molecule has 0 unspecified atom stereocenters. The van der Waals surface area contributed by atoms with Crippen molar-refractivity contribution in [2.45, 2.75) is 39.4 Å². The number of Topliss-reactive ketones (excluding diaryl/α,β-unsaturated/α-hetero) is 1. The van der Waals surface area contributed by atoms with Crippen LogP contribution in [-0.2, 0) is 14.3 Å². The first kappa shape index (κ1) is 14.1. The van der Waals surface area contributed by atoms with Crippen LogP contribution in [0, 0.1) is 5.92 Å². The summed E-state index contributed by atoms with van der Waals surface area (Å²) < 4.78 is 4.63. The molecule has 0 heterocycles. The van der Waals surface area contributed by atoms with Gasteiger partial charge in [-0.2, -0.15) is 0 Å². The average molecular weight is 218 g/mol. The quantitative estimate of drug-likeness (QED) is 0.629. The van der Waals surface area contributed by atoms with Crippen LogP contribution in [0.25, 0.3) is 0 Å². The van der Waals surface area contributed by atoms with Crippen LogP contribution in [0.4, 0.5) is 0 Å². The van der Waals surface area contributed by atoms with Gasteiger partial charge in [-0.25, -0.2) is 4.79 Å². The predicted octanol–water partition coefficient (Wildman–Crippen LogP) is -0.114. The Labute approximate surface area is 89.0 Å². The van der Waals surface area contributed by atoms with Crippen LogP contribution in [0.5, 0.6) is 0 Å². The van der Waals surface area contributed by atoms with Crippen LogP contribution in [0.15, 0.2) is 0 Å². The van der Waals surface area contributed by atoms with Crippen LogP contribution in [0.1, 0.15) is 27.7 Å². The maximum atomic E-state index is 11.4. The number of hydrogen-bond acceptors (Lipinski definition) is 5. The summed E-state index contributed by atoms with van der Waals surface area (Å²) in [6.07, 6.45) is -1.21. The van der Waals surface area contributed by atoms with E-state index in [1.807, 2.05) is 0 Å². The molecule has 5 heteroatoms. The van der Waals surface area contributed by atoms with E-state index >= 15 is 0 Å². The maximum Gasteiger partial charge on any atom is 0.338 e. The van der Waals surface area contributed by atoms with Gasteiger partial charge in [0.15, 0.2) is 11.4 Å². The van der Waals surface area contributed by atoms with Gasteiger partial charge in [-0.15, -0.1) is 0 Å². The molecular weight excluding hydrogens is 200 g/mol. The molecule has 0 aromatic carbocycles. The van der Waals surface area contributed by atoms with Gasteiger partial charge in [0.05, 0.1) is 12.5 Å². The highest BCUT2D eigenvalue weighted by atomic mass is 16.5. The molecule has 3 atom stereocenters. The summed E-state index contributed by atoms with van der Waals surface area (Å²) in [6, 6.07) is 0. The zero-order valence-electron chi connectivity index (χ0n) is 9.48. The Balaban J connectivity index is 4.71. The molecular formula is C10H18O5. The number of hydrogen-bond donors (Lipinski definition) is 2. The molecule has 0 aromatic heterocycles. The van der Waals surface area contributed by atoms with Crippen molar-refractivity contribution in [2.24, 2.45) is 5.92 Å². The Bertz CT molecular complexity index is 244.